The second-order valence-corrected chi connectivity index (χ2v) is 7.81. The molecular formula is C23H22N2O5S. The summed E-state index contributed by atoms with van der Waals surface area (Å²) in [6, 6.07) is 12.9. The molecule has 0 radical (unpaired) electrons. The zero-order valence-electron chi connectivity index (χ0n) is 17.7. The van der Waals surface area contributed by atoms with E-state index < -0.39 is 0 Å². The maximum Gasteiger partial charge on any atom is 0.260 e. The van der Waals surface area contributed by atoms with Crippen LogP contribution in [0.3, 0.4) is 0 Å². The van der Waals surface area contributed by atoms with Crippen LogP contribution in [-0.2, 0) is 6.54 Å². The number of nitrogens with zero attached hydrogens (tertiary/aromatic N) is 2. The van der Waals surface area contributed by atoms with E-state index in [9.17, 15) is 4.79 Å². The number of rotatable bonds is 7. The van der Waals surface area contributed by atoms with Gasteiger partial charge in [-0.05, 0) is 42.8 Å². The number of carbonyl (C=O) groups excluding carboxylic acids is 1. The molecule has 4 aromatic rings. The third-order valence-corrected chi connectivity index (χ3v) is 5.93. The van der Waals surface area contributed by atoms with Crippen LogP contribution in [0.2, 0.25) is 0 Å². The second kappa shape index (κ2) is 8.69. The van der Waals surface area contributed by atoms with Gasteiger partial charge in [0.15, 0.2) is 16.6 Å². The Morgan fingerprint density at radius 1 is 1.06 bits per heavy atom. The van der Waals surface area contributed by atoms with Gasteiger partial charge in [-0.1, -0.05) is 23.5 Å². The second-order valence-electron chi connectivity index (χ2n) is 6.80. The summed E-state index contributed by atoms with van der Waals surface area (Å²) in [5.74, 6) is 1.63. The van der Waals surface area contributed by atoms with Crippen molar-refractivity contribution in [3.8, 4) is 17.2 Å². The molecule has 2 heterocycles. The fourth-order valence-electron chi connectivity index (χ4n) is 3.34. The number of furan rings is 1. The number of hydrogen-bond donors (Lipinski definition) is 0. The van der Waals surface area contributed by atoms with Gasteiger partial charge in [0.25, 0.3) is 5.91 Å². The molecule has 0 atom stereocenters. The summed E-state index contributed by atoms with van der Waals surface area (Å²) in [6.07, 6.45) is 1.58. The minimum atomic E-state index is -0.257. The molecule has 0 fully saturated rings. The smallest absolute Gasteiger partial charge is 0.260 e. The topological polar surface area (TPSA) is 74.0 Å². The number of anilines is 1. The largest absolute Gasteiger partial charge is 0.493 e. The Morgan fingerprint density at radius 3 is 2.39 bits per heavy atom. The van der Waals surface area contributed by atoms with Crippen LogP contribution in [-0.4, -0.2) is 32.2 Å². The number of benzene rings is 2. The van der Waals surface area contributed by atoms with Crippen molar-refractivity contribution in [1.29, 1.82) is 0 Å². The molecule has 0 bridgehead atoms. The van der Waals surface area contributed by atoms with Crippen molar-refractivity contribution in [2.45, 2.75) is 13.5 Å². The fraction of sp³-hybridized carbons (Fsp3) is 0.217. The zero-order chi connectivity index (χ0) is 22.0. The van der Waals surface area contributed by atoms with Gasteiger partial charge in [0.1, 0.15) is 5.76 Å². The lowest BCUT2D eigenvalue weighted by molar-refractivity contribution is 0.0982. The molecule has 0 aliphatic carbocycles. The predicted octanol–water partition coefficient (Wildman–Crippen LogP) is 5.07. The quantitative estimate of drug-likeness (QED) is 0.401. The summed E-state index contributed by atoms with van der Waals surface area (Å²) < 4.78 is 22.7. The SMILES string of the molecule is COc1cc(C(=O)N(Cc2ccco2)c2nc3c(C)cccc3s2)cc(OC)c1OC. The molecule has 0 aliphatic heterocycles. The van der Waals surface area contributed by atoms with Gasteiger partial charge in [0.05, 0.1) is 44.4 Å². The number of amides is 1. The number of fused-ring (bicyclic) bond motifs is 1. The van der Waals surface area contributed by atoms with E-state index in [2.05, 4.69) is 0 Å². The summed E-state index contributed by atoms with van der Waals surface area (Å²) in [5.41, 5.74) is 2.32. The number of aryl methyl sites for hydroxylation is 1. The maximum absolute atomic E-state index is 13.7. The van der Waals surface area contributed by atoms with Crippen molar-refractivity contribution in [1.82, 2.24) is 4.98 Å². The van der Waals surface area contributed by atoms with Crippen LogP contribution in [0.5, 0.6) is 17.2 Å². The standard InChI is InChI=1S/C23H22N2O5S/c1-14-7-5-9-19-20(14)24-23(31-19)25(13-16-8-6-10-30-16)22(26)15-11-17(27-2)21(29-4)18(12-15)28-3/h5-12H,13H2,1-4H3. The molecule has 8 heteroatoms. The highest BCUT2D eigenvalue weighted by atomic mass is 32.1. The third kappa shape index (κ3) is 3.94. The summed E-state index contributed by atoms with van der Waals surface area (Å²) in [5, 5.41) is 0.583. The lowest BCUT2D eigenvalue weighted by Gasteiger charge is -2.20. The average molecular weight is 439 g/mol. The number of aromatic nitrogens is 1. The Hall–Kier alpha value is -3.52. The van der Waals surface area contributed by atoms with Crippen LogP contribution in [0.15, 0.2) is 53.1 Å². The van der Waals surface area contributed by atoms with Gasteiger partial charge in [-0.15, -0.1) is 0 Å². The minimum Gasteiger partial charge on any atom is -0.493 e. The number of para-hydroxylation sites is 1. The summed E-state index contributed by atoms with van der Waals surface area (Å²) >= 11 is 1.46. The highest BCUT2D eigenvalue weighted by Gasteiger charge is 2.26. The number of hydrogen-bond acceptors (Lipinski definition) is 7. The molecule has 0 spiro atoms. The van der Waals surface area contributed by atoms with Gasteiger partial charge >= 0.3 is 0 Å². The Labute approximate surface area is 183 Å². The molecule has 2 aromatic carbocycles. The van der Waals surface area contributed by atoms with Crippen molar-refractivity contribution < 1.29 is 23.4 Å². The van der Waals surface area contributed by atoms with E-state index in [0.29, 0.717) is 33.7 Å². The van der Waals surface area contributed by atoms with Gasteiger partial charge in [0.2, 0.25) is 5.75 Å². The van der Waals surface area contributed by atoms with Crippen LogP contribution < -0.4 is 19.1 Å². The van der Waals surface area contributed by atoms with E-state index in [4.69, 9.17) is 23.6 Å². The Balaban J connectivity index is 1.81. The first-order valence-corrected chi connectivity index (χ1v) is 10.4. The van der Waals surface area contributed by atoms with Crippen LogP contribution in [0.25, 0.3) is 10.2 Å². The van der Waals surface area contributed by atoms with Crippen molar-refractivity contribution >= 4 is 32.6 Å². The van der Waals surface area contributed by atoms with Crippen molar-refractivity contribution in [3.63, 3.8) is 0 Å². The number of ether oxygens (including phenoxy) is 3. The fourth-order valence-corrected chi connectivity index (χ4v) is 4.38. The van der Waals surface area contributed by atoms with E-state index in [1.807, 2.05) is 31.2 Å². The molecular weight excluding hydrogens is 416 g/mol. The first kappa shape index (κ1) is 20.7. The minimum absolute atomic E-state index is 0.237. The molecule has 4 rings (SSSR count). The molecule has 160 valence electrons. The van der Waals surface area contributed by atoms with Crippen LogP contribution >= 0.6 is 11.3 Å². The van der Waals surface area contributed by atoms with Crippen molar-refractivity contribution in [2.24, 2.45) is 0 Å². The molecule has 0 saturated heterocycles. The number of methoxy groups -OCH3 is 3. The van der Waals surface area contributed by atoms with Gasteiger partial charge in [-0.2, -0.15) is 0 Å². The lowest BCUT2D eigenvalue weighted by atomic mass is 10.1. The number of carbonyl (C=O) groups is 1. The summed E-state index contributed by atoms with van der Waals surface area (Å²) in [6.45, 7) is 2.24. The first-order chi connectivity index (χ1) is 15.0. The van der Waals surface area contributed by atoms with E-state index in [-0.39, 0.29) is 12.5 Å². The number of thiazole rings is 1. The summed E-state index contributed by atoms with van der Waals surface area (Å²) in [7, 11) is 4.56. The van der Waals surface area contributed by atoms with E-state index in [1.165, 1.54) is 32.7 Å². The van der Waals surface area contributed by atoms with Gasteiger partial charge in [-0.25, -0.2) is 4.98 Å². The van der Waals surface area contributed by atoms with Crippen LogP contribution in [0.1, 0.15) is 21.7 Å². The Bertz CT molecular complexity index is 1190. The predicted molar refractivity (Wildman–Crippen MR) is 120 cm³/mol. The zero-order valence-corrected chi connectivity index (χ0v) is 18.5. The normalized spacial score (nSPS) is 10.8. The van der Waals surface area contributed by atoms with Crippen LogP contribution in [0, 0.1) is 6.92 Å². The first-order valence-electron chi connectivity index (χ1n) is 9.56. The summed E-state index contributed by atoms with van der Waals surface area (Å²) in [4.78, 5) is 20.0. The van der Waals surface area contributed by atoms with Crippen molar-refractivity contribution in [2.75, 3.05) is 26.2 Å². The highest BCUT2D eigenvalue weighted by Crippen LogP contribution is 2.39. The molecule has 0 saturated carbocycles. The molecule has 7 nitrogen and oxygen atoms in total. The van der Waals surface area contributed by atoms with E-state index in [1.54, 1.807) is 29.4 Å². The molecule has 0 unspecified atom stereocenters. The molecule has 1 amide bonds. The third-order valence-electron chi connectivity index (χ3n) is 4.89. The van der Waals surface area contributed by atoms with Gasteiger partial charge < -0.3 is 18.6 Å². The highest BCUT2D eigenvalue weighted by molar-refractivity contribution is 7.22. The van der Waals surface area contributed by atoms with E-state index in [0.717, 1.165) is 15.8 Å². The molecule has 0 aliphatic rings. The molecule has 31 heavy (non-hydrogen) atoms. The van der Waals surface area contributed by atoms with Gasteiger partial charge in [-0.3, -0.25) is 9.69 Å². The monoisotopic (exact) mass is 438 g/mol. The average Bonchev–Trinajstić information content (AvgIpc) is 3.46. The maximum atomic E-state index is 13.7. The van der Waals surface area contributed by atoms with Crippen LogP contribution in [0.4, 0.5) is 5.13 Å². The lowest BCUT2D eigenvalue weighted by Crippen LogP contribution is -2.30. The molecule has 2 aromatic heterocycles. The van der Waals surface area contributed by atoms with Gasteiger partial charge in [0, 0.05) is 5.56 Å². The Kier molecular flexibility index (Phi) is 5.81. The van der Waals surface area contributed by atoms with Crippen molar-refractivity contribution in [3.05, 3.63) is 65.6 Å². The Morgan fingerprint density at radius 2 is 1.81 bits per heavy atom. The molecule has 0 N–H and O–H groups in total. The van der Waals surface area contributed by atoms with E-state index >= 15 is 0 Å².